The van der Waals surface area contributed by atoms with Crippen LogP contribution in [-0.2, 0) is 13.1 Å². The molecule has 0 fully saturated rings. The largest absolute Gasteiger partial charge is 0.329 e. The van der Waals surface area contributed by atoms with E-state index < -0.39 is 0 Å². The van der Waals surface area contributed by atoms with Gasteiger partial charge in [0.2, 0.25) is 0 Å². The predicted molar refractivity (Wildman–Crippen MR) is 107 cm³/mol. The molecule has 2 nitrogen and oxygen atoms in total. The van der Waals surface area contributed by atoms with Gasteiger partial charge >= 0.3 is 0 Å². The summed E-state index contributed by atoms with van der Waals surface area (Å²) in [4.78, 5) is 2.38. The molecule has 0 atom stereocenters. The van der Waals surface area contributed by atoms with E-state index in [2.05, 4.69) is 60.4 Å². The number of rotatable bonds is 6. The molecule has 2 N–H and O–H groups in total. The smallest absolute Gasteiger partial charge is 0.0237 e. The van der Waals surface area contributed by atoms with Crippen LogP contribution in [0.3, 0.4) is 0 Å². The summed E-state index contributed by atoms with van der Waals surface area (Å²) in [6.45, 7) is 7.24. The molecule has 129 valence electrons. The molecular weight excluding hydrogens is 304 g/mol. The van der Waals surface area contributed by atoms with Crippen LogP contribution in [0.1, 0.15) is 16.7 Å². The zero-order chi connectivity index (χ0) is 17.7. The molecule has 0 aromatic heterocycles. The highest BCUT2D eigenvalue weighted by Gasteiger charge is 2.05. The van der Waals surface area contributed by atoms with E-state index in [-0.39, 0.29) is 0 Å². The second-order valence-corrected chi connectivity index (χ2v) is 5.96. The Kier molecular flexibility index (Phi) is 8.46. The van der Waals surface area contributed by atoms with Crippen LogP contribution in [-0.4, -0.2) is 18.0 Å². The SMILES string of the molecule is NCCN(Cc1ccccc1)Cc1ccccc1.[CH2]c1ccccc1. The fourth-order valence-electron chi connectivity index (χ4n) is 2.56. The molecule has 0 amide bonds. The zero-order valence-corrected chi connectivity index (χ0v) is 14.7. The van der Waals surface area contributed by atoms with Gasteiger partial charge in [0.05, 0.1) is 0 Å². The van der Waals surface area contributed by atoms with Crippen molar-refractivity contribution in [1.82, 2.24) is 4.90 Å². The van der Waals surface area contributed by atoms with Crippen LogP contribution in [0.25, 0.3) is 0 Å². The number of benzene rings is 3. The Morgan fingerprint density at radius 2 is 1.04 bits per heavy atom. The van der Waals surface area contributed by atoms with Gasteiger partial charge in [-0.3, -0.25) is 4.90 Å². The lowest BCUT2D eigenvalue weighted by Gasteiger charge is -2.21. The van der Waals surface area contributed by atoms with Crippen LogP contribution >= 0.6 is 0 Å². The lowest BCUT2D eigenvalue weighted by atomic mass is 10.1. The Balaban J connectivity index is 0.000000269. The second kappa shape index (κ2) is 11.2. The van der Waals surface area contributed by atoms with Crippen molar-refractivity contribution in [3.8, 4) is 0 Å². The Labute approximate surface area is 151 Å². The maximum absolute atomic E-state index is 5.70. The highest BCUT2D eigenvalue weighted by atomic mass is 15.1. The fraction of sp³-hybridized carbons (Fsp3) is 0.174. The summed E-state index contributed by atoms with van der Waals surface area (Å²) in [6.07, 6.45) is 0. The van der Waals surface area contributed by atoms with Gasteiger partial charge in [-0.1, -0.05) is 91.0 Å². The van der Waals surface area contributed by atoms with E-state index in [9.17, 15) is 0 Å². The molecule has 0 saturated heterocycles. The normalized spacial score (nSPS) is 10.2. The lowest BCUT2D eigenvalue weighted by Crippen LogP contribution is -2.28. The molecule has 3 rings (SSSR count). The van der Waals surface area contributed by atoms with Crippen LogP contribution < -0.4 is 5.73 Å². The minimum atomic E-state index is 0.694. The van der Waals surface area contributed by atoms with Crippen LogP contribution in [0.5, 0.6) is 0 Å². The molecule has 0 aliphatic carbocycles. The highest BCUT2D eigenvalue weighted by Crippen LogP contribution is 2.09. The average molecular weight is 331 g/mol. The minimum absolute atomic E-state index is 0.694. The van der Waals surface area contributed by atoms with Gasteiger partial charge in [0, 0.05) is 26.2 Å². The van der Waals surface area contributed by atoms with Crippen molar-refractivity contribution in [2.75, 3.05) is 13.1 Å². The molecule has 0 heterocycles. The molecule has 25 heavy (non-hydrogen) atoms. The Morgan fingerprint density at radius 3 is 1.36 bits per heavy atom. The molecule has 2 heteroatoms. The van der Waals surface area contributed by atoms with Crippen molar-refractivity contribution < 1.29 is 0 Å². The van der Waals surface area contributed by atoms with E-state index in [1.54, 1.807) is 0 Å². The molecule has 0 unspecified atom stereocenters. The van der Waals surface area contributed by atoms with Crippen molar-refractivity contribution in [3.05, 3.63) is 115 Å². The first-order chi connectivity index (χ1) is 12.3. The topological polar surface area (TPSA) is 29.3 Å². The zero-order valence-electron chi connectivity index (χ0n) is 14.7. The summed E-state index contributed by atoms with van der Waals surface area (Å²) in [5, 5.41) is 0. The van der Waals surface area contributed by atoms with Crippen LogP contribution in [0.15, 0.2) is 91.0 Å². The van der Waals surface area contributed by atoms with Gasteiger partial charge in [-0.05, 0) is 23.6 Å². The summed E-state index contributed by atoms with van der Waals surface area (Å²) >= 11 is 0. The van der Waals surface area contributed by atoms with Crippen molar-refractivity contribution in [2.45, 2.75) is 13.1 Å². The summed E-state index contributed by atoms with van der Waals surface area (Å²) in [7, 11) is 0. The fourth-order valence-corrected chi connectivity index (χ4v) is 2.56. The Hall–Kier alpha value is -2.42. The van der Waals surface area contributed by atoms with Crippen molar-refractivity contribution in [1.29, 1.82) is 0 Å². The highest BCUT2D eigenvalue weighted by molar-refractivity contribution is 5.17. The number of hydrogen-bond donors (Lipinski definition) is 1. The molecule has 1 radical (unpaired) electrons. The first-order valence-electron chi connectivity index (χ1n) is 8.65. The molecule has 3 aromatic rings. The lowest BCUT2D eigenvalue weighted by molar-refractivity contribution is 0.264. The molecule has 0 aliphatic heterocycles. The standard InChI is InChI=1S/C16H20N2.C7H7/c17-11-12-18(13-15-7-3-1-4-8-15)14-16-9-5-2-6-10-16;1-7-5-3-2-4-6-7/h1-10H,11-14,17H2;2-6H,1H2. The molecule has 0 saturated carbocycles. The molecular formula is C23H27N2. The summed E-state index contributed by atoms with van der Waals surface area (Å²) in [5.41, 5.74) is 9.44. The predicted octanol–water partition coefficient (Wildman–Crippen LogP) is 4.52. The van der Waals surface area contributed by atoms with Crippen molar-refractivity contribution in [3.63, 3.8) is 0 Å². The molecule has 3 aromatic carbocycles. The van der Waals surface area contributed by atoms with Gasteiger partial charge in [-0.2, -0.15) is 0 Å². The number of nitrogens with zero attached hydrogens (tertiary/aromatic N) is 1. The van der Waals surface area contributed by atoms with Crippen molar-refractivity contribution >= 4 is 0 Å². The molecule has 0 spiro atoms. The number of nitrogens with two attached hydrogens (primary N) is 1. The van der Waals surface area contributed by atoms with E-state index in [0.29, 0.717) is 6.54 Å². The van der Waals surface area contributed by atoms with E-state index >= 15 is 0 Å². The van der Waals surface area contributed by atoms with E-state index in [1.165, 1.54) is 11.1 Å². The third-order valence-electron chi connectivity index (χ3n) is 3.79. The van der Waals surface area contributed by atoms with Gasteiger partial charge in [0.1, 0.15) is 0 Å². The quantitative estimate of drug-likeness (QED) is 0.720. The Morgan fingerprint density at radius 1 is 0.640 bits per heavy atom. The molecule has 0 bridgehead atoms. The average Bonchev–Trinajstić information content (AvgIpc) is 2.65. The summed E-state index contributed by atoms with van der Waals surface area (Å²) in [6, 6.07) is 30.9. The van der Waals surface area contributed by atoms with Crippen LogP contribution in [0, 0.1) is 6.92 Å². The number of hydrogen-bond acceptors (Lipinski definition) is 2. The third-order valence-corrected chi connectivity index (χ3v) is 3.79. The van der Waals surface area contributed by atoms with Gasteiger partial charge < -0.3 is 5.73 Å². The first kappa shape index (κ1) is 18.9. The monoisotopic (exact) mass is 331 g/mol. The van der Waals surface area contributed by atoms with Crippen LogP contribution in [0.2, 0.25) is 0 Å². The van der Waals surface area contributed by atoms with Crippen LogP contribution in [0.4, 0.5) is 0 Å². The van der Waals surface area contributed by atoms with Gasteiger partial charge in [0.25, 0.3) is 0 Å². The van der Waals surface area contributed by atoms with Gasteiger partial charge in [0.15, 0.2) is 0 Å². The maximum Gasteiger partial charge on any atom is 0.0237 e. The van der Waals surface area contributed by atoms with E-state index in [1.807, 2.05) is 42.5 Å². The van der Waals surface area contributed by atoms with Crippen molar-refractivity contribution in [2.24, 2.45) is 5.73 Å². The van der Waals surface area contributed by atoms with Gasteiger partial charge in [-0.25, -0.2) is 0 Å². The second-order valence-electron chi connectivity index (χ2n) is 5.96. The van der Waals surface area contributed by atoms with E-state index in [4.69, 9.17) is 5.73 Å². The first-order valence-corrected chi connectivity index (χ1v) is 8.65. The molecule has 0 aliphatic rings. The summed E-state index contributed by atoms with van der Waals surface area (Å²) in [5.74, 6) is 0. The maximum atomic E-state index is 5.70. The van der Waals surface area contributed by atoms with Gasteiger partial charge in [-0.15, -0.1) is 0 Å². The minimum Gasteiger partial charge on any atom is -0.329 e. The van der Waals surface area contributed by atoms with E-state index in [0.717, 1.165) is 25.2 Å². The third kappa shape index (κ3) is 7.79. The summed E-state index contributed by atoms with van der Waals surface area (Å²) < 4.78 is 0. The Bertz CT molecular complexity index is 640.